The molecule has 0 rings (SSSR count). The standard InChI is InChI=1S/C10H19F3N2O3/c1-8(6-18-3)15(4-5-17-2)9(16)14-7-10(11,12)13/h8H,4-7H2,1-3H3,(H,14,16). The van der Waals surface area contributed by atoms with E-state index in [4.69, 9.17) is 9.47 Å². The predicted molar refractivity (Wildman–Crippen MR) is 59.4 cm³/mol. The number of nitrogens with zero attached hydrogens (tertiary/aromatic N) is 1. The van der Waals surface area contributed by atoms with Crippen molar-refractivity contribution < 1.29 is 27.4 Å². The Hall–Kier alpha value is -1.02. The summed E-state index contributed by atoms with van der Waals surface area (Å²) in [6.07, 6.45) is -4.42. The maximum Gasteiger partial charge on any atom is 0.405 e. The predicted octanol–water partition coefficient (Wildman–Crippen LogP) is 1.24. The molecule has 0 spiro atoms. The summed E-state index contributed by atoms with van der Waals surface area (Å²) in [5, 5.41) is 1.82. The third-order valence-electron chi connectivity index (χ3n) is 2.18. The number of nitrogens with one attached hydrogen (secondary N) is 1. The number of methoxy groups -OCH3 is 2. The Labute approximate surface area is 104 Å². The summed E-state index contributed by atoms with van der Waals surface area (Å²) in [6.45, 7) is 1.02. The second-order valence-electron chi connectivity index (χ2n) is 3.76. The lowest BCUT2D eigenvalue weighted by Crippen LogP contribution is -2.50. The van der Waals surface area contributed by atoms with Gasteiger partial charge in [-0.15, -0.1) is 0 Å². The van der Waals surface area contributed by atoms with Crippen LogP contribution in [-0.2, 0) is 9.47 Å². The summed E-state index contributed by atoms with van der Waals surface area (Å²) in [5.74, 6) is 0. The first-order valence-corrected chi connectivity index (χ1v) is 5.41. The number of hydrogen-bond donors (Lipinski definition) is 1. The van der Waals surface area contributed by atoms with E-state index in [-0.39, 0.29) is 25.8 Å². The molecule has 0 heterocycles. The average molecular weight is 272 g/mol. The number of carbonyl (C=O) groups is 1. The third-order valence-corrected chi connectivity index (χ3v) is 2.18. The molecule has 0 aliphatic rings. The lowest BCUT2D eigenvalue weighted by Gasteiger charge is -2.28. The van der Waals surface area contributed by atoms with Gasteiger partial charge in [-0.3, -0.25) is 0 Å². The molecule has 0 fully saturated rings. The van der Waals surface area contributed by atoms with Crippen LogP contribution in [0, 0.1) is 0 Å². The van der Waals surface area contributed by atoms with Gasteiger partial charge in [0.15, 0.2) is 0 Å². The smallest absolute Gasteiger partial charge is 0.383 e. The summed E-state index contributed by atoms with van der Waals surface area (Å²) in [7, 11) is 2.91. The van der Waals surface area contributed by atoms with Crippen molar-refractivity contribution >= 4 is 6.03 Å². The van der Waals surface area contributed by atoms with Gasteiger partial charge in [0.25, 0.3) is 0 Å². The van der Waals surface area contributed by atoms with E-state index in [1.54, 1.807) is 6.92 Å². The van der Waals surface area contributed by atoms with Gasteiger partial charge in [-0.1, -0.05) is 0 Å². The Balaban J connectivity index is 4.39. The zero-order valence-corrected chi connectivity index (χ0v) is 10.7. The van der Waals surface area contributed by atoms with Gasteiger partial charge < -0.3 is 19.7 Å². The zero-order valence-electron chi connectivity index (χ0n) is 10.7. The van der Waals surface area contributed by atoms with Gasteiger partial charge in [0.1, 0.15) is 6.54 Å². The Morgan fingerprint density at radius 3 is 2.39 bits per heavy atom. The van der Waals surface area contributed by atoms with Crippen LogP contribution in [0.5, 0.6) is 0 Å². The first-order valence-electron chi connectivity index (χ1n) is 5.41. The maximum atomic E-state index is 12.0. The van der Waals surface area contributed by atoms with Gasteiger partial charge in [0.05, 0.1) is 19.3 Å². The van der Waals surface area contributed by atoms with E-state index in [9.17, 15) is 18.0 Å². The van der Waals surface area contributed by atoms with Crippen LogP contribution in [0.15, 0.2) is 0 Å². The van der Waals surface area contributed by atoms with Crippen LogP contribution in [0.25, 0.3) is 0 Å². The Morgan fingerprint density at radius 2 is 1.94 bits per heavy atom. The summed E-state index contributed by atoms with van der Waals surface area (Å²) >= 11 is 0. The molecule has 1 atom stereocenters. The van der Waals surface area contributed by atoms with Crippen molar-refractivity contribution in [3.8, 4) is 0 Å². The van der Waals surface area contributed by atoms with Crippen molar-refractivity contribution in [2.24, 2.45) is 0 Å². The van der Waals surface area contributed by atoms with Crippen molar-refractivity contribution in [3.63, 3.8) is 0 Å². The molecule has 0 aromatic heterocycles. The van der Waals surface area contributed by atoms with Crippen molar-refractivity contribution in [1.82, 2.24) is 10.2 Å². The number of carbonyl (C=O) groups excluding carboxylic acids is 1. The van der Waals surface area contributed by atoms with Gasteiger partial charge >= 0.3 is 12.2 Å². The maximum absolute atomic E-state index is 12.0. The molecule has 0 aliphatic heterocycles. The fourth-order valence-electron chi connectivity index (χ4n) is 1.32. The first-order chi connectivity index (χ1) is 8.31. The van der Waals surface area contributed by atoms with E-state index in [1.165, 1.54) is 19.1 Å². The molecule has 8 heteroatoms. The Bertz CT molecular complexity index is 249. The first kappa shape index (κ1) is 17.0. The number of rotatable bonds is 7. The highest BCUT2D eigenvalue weighted by Gasteiger charge is 2.29. The molecule has 0 saturated heterocycles. The molecule has 108 valence electrons. The van der Waals surface area contributed by atoms with Crippen LogP contribution in [0.2, 0.25) is 0 Å². The highest BCUT2D eigenvalue weighted by Crippen LogP contribution is 2.12. The second-order valence-corrected chi connectivity index (χ2v) is 3.76. The van der Waals surface area contributed by atoms with Crippen LogP contribution >= 0.6 is 0 Å². The molecule has 0 aromatic carbocycles. The Morgan fingerprint density at radius 1 is 1.33 bits per heavy atom. The highest BCUT2D eigenvalue weighted by molar-refractivity contribution is 5.74. The fourth-order valence-corrected chi connectivity index (χ4v) is 1.32. The number of hydrogen-bond acceptors (Lipinski definition) is 3. The van der Waals surface area contributed by atoms with Gasteiger partial charge in [-0.2, -0.15) is 13.2 Å². The van der Waals surface area contributed by atoms with Gasteiger partial charge in [0, 0.05) is 20.8 Å². The van der Waals surface area contributed by atoms with E-state index in [0.29, 0.717) is 0 Å². The van der Waals surface area contributed by atoms with Crippen molar-refractivity contribution in [2.75, 3.05) is 40.5 Å². The average Bonchev–Trinajstić information content (AvgIpc) is 2.26. The minimum atomic E-state index is -4.42. The van der Waals surface area contributed by atoms with Crippen LogP contribution in [-0.4, -0.2) is 63.7 Å². The van der Waals surface area contributed by atoms with E-state index >= 15 is 0 Å². The summed E-state index contributed by atoms with van der Waals surface area (Å²) < 4.78 is 45.7. The topological polar surface area (TPSA) is 50.8 Å². The molecule has 0 saturated carbocycles. The largest absolute Gasteiger partial charge is 0.405 e. The number of alkyl halides is 3. The van der Waals surface area contributed by atoms with Crippen molar-refractivity contribution in [1.29, 1.82) is 0 Å². The zero-order chi connectivity index (χ0) is 14.2. The monoisotopic (exact) mass is 272 g/mol. The van der Waals surface area contributed by atoms with E-state index in [1.807, 2.05) is 5.32 Å². The van der Waals surface area contributed by atoms with Crippen LogP contribution in [0.4, 0.5) is 18.0 Å². The molecule has 1 unspecified atom stereocenters. The summed E-state index contributed by atoms with van der Waals surface area (Å²) in [6, 6.07) is -1.12. The summed E-state index contributed by atoms with van der Waals surface area (Å²) in [5.41, 5.74) is 0. The highest BCUT2D eigenvalue weighted by atomic mass is 19.4. The van der Waals surface area contributed by atoms with E-state index in [0.717, 1.165) is 0 Å². The minimum absolute atomic E-state index is 0.199. The molecule has 0 bridgehead atoms. The number of halogens is 3. The van der Waals surface area contributed by atoms with Crippen LogP contribution in [0.3, 0.4) is 0 Å². The molecular formula is C10H19F3N2O3. The number of urea groups is 1. The van der Waals surface area contributed by atoms with Gasteiger partial charge in [-0.05, 0) is 6.92 Å². The van der Waals surface area contributed by atoms with E-state index < -0.39 is 18.8 Å². The van der Waals surface area contributed by atoms with Crippen molar-refractivity contribution in [3.05, 3.63) is 0 Å². The quantitative estimate of drug-likeness (QED) is 0.758. The molecule has 5 nitrogen and oxygen atoms in total. The molecule has 2 amide bonds. The van der Waals surface area contributed by atoms with Gasteiger partial charge in [-0.25, -0.2) is 4.79 Å². The van der Waals surface area contributed by atoms with Crippen LogP contribution < -0.4 is 5.32 Å². The Kier molecular flexibility index (Phi) is 7.69. The van der Waals surface area contributed by atoms with E-state index in [2.05, 4.69) is 0 Å². The normalized spacial score (nSPS) is 13.2. The summed E-state index contributed by atoms with van der Waals surface area (Å²) in [4.78, 5) is 12.9. The molecular weight excluding hydrogens is 253 g/mol. The fraction of sp³-hybridized carbons (Fsp3) is 0.900. The SMILES string of the molecule is COCCN(C(=O)NCC(F)(F)F)C(C)COC. The third kappa shape index (κ3) is 7.33. The van der Waals surface area contributed by atoms with Crippen LogP contribution in [0.1, 0.15) is 6.92 Å². The minimum Gasteiger partial charge on any atom is -0.383 e. The molecule has 18 heavy (non-hydrogen) atoms. The molecule has 0 aliphatic carbocycles. The number of amides is 2. The lowest BCUT2D eigenvalue weighted by molar-refractivity contribution is -0.123. The number of ether oxygens (including phenoxy) is 2. The second kappa shape index (κ2) is 8.15. The molecule has 0 aromatic rings. The molecule has 1 N–H and O–H groups in total. The molecule has 0 radical (unpaired) electrons. The van der Waals surface area contributed by atoms with Gasteiger partial charge in [0.2, 0.25) is 0 Å². The lowest BCUT2D eigenvalue weighted by atomic mass is 10.3. The van der Waals surface area contributed by atoms with Crippen molar-refractivity contribution in [2.45, 2.75) is 19.1 Å².